The number of rotatable bonds is 4. The molecule has 0 aliphatic rings. The first-order chi connectivity index (χ1) is 10.1. The molecule has 7 nitrogen and oxygen atoms in total. The van der Waals surface area contributed by atoms with Crippen LogP contribution >= 0.6 is 23.1 Å². The summed E-state index contributed by atoms with van der Waals surface area (Å²) >= 11 is 2.96. The summed E-state index contributed by atoms with van der Waals surface area (Å²) in [6, 6.07) is 6.33. The topological polar surface area (TPSA) is 94.7 Å². The van der Waals surface area contributed by atoms with E-state index in [1.165, 1.54) is 35.2 Å². The van der Waals surface area contributed by atoms with Crippen molar-refractivity contribution in [1.82, 2.24) is 19.4 Å². The Morgan fingerprint density at radius 3 is 2.62 bits per heavy atom. The average molecular weight is 384 g/mol. The third-order valence-corrected chi connectivity index (χ3v) is 6.27. The first-order valence-corrected chi connectivity index (χ1v) is 8.94. The van der Waals surface area contributed by atoms with Crippen molar-refractivity contribution in [3.8, 4) is 11.3 Å². The molecule has 0 aliphatic carbocycles. The molecule has 0 radical (unpaired) electrons. The van der Waals surface area contributed by atoms with Crippen LogP contribution in [0.1, 0.15) is 5.01 Å². The summed E-state index contributed by atoms with van der Waals surface area (Å²) in [4.78, 5) is 10.3. The molecule has 0 aliphatic heterocycles. The molecule has 0 N–H and O–H groups in total. The molecule has 2 heterocycles. The fourth-order valence-corrected chi connectivity index (χ4v) is 5.48. The number of hydrogen-bond donors (Lipinski definition) is 0. The summed E-state index contributed by atoms with van der Waals surface area (Å²) in [7, 11) is 0. The average Bonchev–Trinajstić information content (AvgIpc) is 3.09. The quantitative estimate of drug-likeness (QED) is 0.387. The van der Waals surface area contributed by atoms with Crippen LogP contribution in [0.4, 0.5) is 5.69 Å². The van der Waals surface area contributed by atoms with Gasteiger partial charge in [0.1, 0.15) is 0 Å². The number of non-ortho nitro benzene ring substituents is 1. The van der Waals surface area contributed by atoms with E-state index in [1.54, 1.807) is 12.1 Å². The number of nitro groups is 1. The normalized spacial score (nSPS) is 10.7. The Balaban J connectivity index is 1.89. The van der Waals surface area contributed by atoms with Gasteiger partial charge in [0.25, 0.3) is 0 Å². The third-order valence-electron chi connectivity index (χ3n) is 2.50. The molecule has 3 aromatic rings. The summed E-state index contributed by atoms with van der Waals surface area (Å²) in [5.41, 5.74) is 1.66. The molecule has 10 heteroatoms. The number of aryl methyl sites for hydroxylation is 1. The molecule has 0 saturated heterocycles. The molecule has 0 bridgehead atoms. The molecule has 2 aromatic heterocycles. The molecule has 0 unspecified atom stereocenters. The molecular weight excluding hydrogens is 377 g/mol. The van der Waals surface area contributed by atoms with Crippen molar-refractivity contribution in [2.45, 2.75) is 15.0 Å². The Labute approximate surface area is 133 Å². The number of nitro benzene ring substituents is 1. The number of benzene rings is 1. The van der Waals surface area contributed by atoms with Gasteiger partial charge in [-0.25, -0.2) is 0 Å². The zero-order valence-corrected chi connectivity index (χ0v) is 13.9. The Kier molecular flexibility index (Phi) is 4.11. The van der Waals surface area contributed by atoms with Gasteiger partial charge in [-0.3, -0.25) is 0 Å². The van der Waals surface area contributed by atoms with Crippen LogP contribution in [0.2, 0.25) is 0 Å². The molecule has 0 fully saturated rings. The maximum atomic E-state index is 10.7. The minimum atomic E-state index is -0.419. The summed E-state index contributed by atoms with van der Waals surface area (Å²) in [6.45, 7) is 1.90. The van der Waals surface area contributed by atoms with E-state index in [0.29, 0.717) is 0 Å². The van der Waals surface area contributed by atoms with E-state index < -0.39 is 4.92 Å². The van der Waals surface area contributed by atoms with Gasteiger partial charge in [-0.2, -0.15) is 0 Å². The van der Waals surface area contributed by atoms with E-state index in [9.17, 15) is 10.1 Å². The van der Waals surface area contributed by atoms with Gasteiger partial charge >= 0.3 is 134 Å². The summed E-state index contributed by atoms with van der Waals surface area (Å²) < 4.78 is 5.99. The van der Waals surface area contributed by atoms with Crippen LogP contribution in [-0.4, -0.2) is 39.0 Å². The van der Waals surface area contributed by atoms with Gasteiger partial charge in [0.05, 0.1) is 0 Å². The van der Waals surface area contributed by atoms with Crippen LogP contribution in [0.25, 0.3) is 11.3 Å². The zero-order valence-electron chi connectivity index (χ0n) is 10.6. The van der Waals surface area contributed by atoms with Crippen molar-refractivity contribution in [2.75, 3.05) is 0 Å². The Bertz CT molecular complexity index is 786. The van der Waals surface area contributed by atoms with E-state index >= 15 is 0 Å². The molecule has 106 valence electrons. The van der Waals surface area contributed by atoms with Crippen molar-refractivity contribution in [2.24, 2.45) is 0 Å². The van der Waals surface area contributed by atoms with Crippen molar-refractivity contribution in [1.29, 1.82) is 0 Å². The maximum absolute atomic E-state index is 10.7. The summed E-state index contributed by atoms with van der Waals surface area (Å²) in [5.74, 6) is 0. The van der Waals surface area contributed by atoms with Crippen LogP contribution in [0.15, 0.2) is 32.4 Å². The molecule has 0 saturated carbocycles. The van der Waals surface area contributed by atoms with Gasteiger partial charge in [0.15, 0.2) is 0 Å². The van der Waals surface area contributed by atoms with Crippen molar-refractivity contribution in [3.63, 3.8) is 0 Å². The predicted molar refractivity (Wildman–Crippen MR) is 79.8 cm³/mol. The SMILES string of the molecule is Cc1nnc(Sc2[se]nnc2-c2ccc([N+](=O)[O-])cc2)s1. The second-order valence-electron chi connectivity index (χ2n) is 3.90. The summed E-state index contributed by atoms with van der Waals surface area (Å²) in [5, 5.41) is 23.8. The molecule has 0 atom stereocenters. The van der Waals surface area contributed by atoms with Crippen molar-refractivity contribution < 1.29 is 4.92 Å². The summed E-state index contributed by atoms with van der Waals surface area (Å²) in [6.07, 6.45) is 0. The number of aromatic nitrogens is 4. The predicted octanol–water partition coefficient (Wildman–Crippen LogP) is 2.42. The standard InChI is InChI=1S/C11H7N5O2S2Se/c1-6-12-14-11(19-6)20-10-9(13-15-21-10)7-2-4-8(5-3-7)16(17)18/h2-5H,1H3. The minimum absolute atomic E-state index is 0.0637. The van der Waals surface area contributed by atoms with E-state index in [2.05, 4.69) is 19.4 Å². The van der Waals surface area contributed by atoms with Gasteiger partial charge in [-0.15, -0.1) is 0 Å². The molecular formula is C11H7N5O2S2Se. The fourth-order valence-electron chi connectivity index (χ4n) is 1.56. The zero-order chi connectivity index (χ0) is 14.8. The Hall–Kier alpha value is -1.61. The van der Waals surface area contributed by atoms with Crippen LogP contribution < -0.4 is 0 Å². The molecule has 1 aromatic carbocycles. The molecule has 0 amide bonds. The fraction of sp³-hybridized carbons (Fsp3) is 0.0909. The number of nitrogens with zero attached hydrogens (tertiary/aromatic N) is 5. The molecule has 0 spiro atoms. The second kappa shape index (κ2) is 6.02. The molecule has 21 heavy (non-hydrogen) atoms. The van der Waals surface area contributed by atoms with E-state index in [4.69, 9.17) is 0 Å². The monoisotopic (exact) mass is 385 g/mol. The third kappa shape index (κ3) is 3.18. The Morgan fingerprint density at radius 1 is 1.24 bits per heavy atom. The van der Waals surface area contributed by atoms with Gasteiger partial charge in [0, 0.05) is 0 Å². The van der Waals surface area contributed by atoms with Crippen LogP contribution in [0.3, 0.4) is 0 Å². The van der Waals surface area contributed by atoms with Crippen molar-refractivity contribution in [3.05, 3.63) is 39.4 Å². The first kappa shape index (κ1) is 14.3. The van der Waals surface area contributed by atoms with Crippen LogP contribution in [0, 0.1) is 17.0 Å². The van der Waals surface area contributed by atoms with Gasteiger partial charge in [-0.1, -0.05) is 0 Å². The van der Waals surface area contributed by atoms with E-state index in [0.717, 1.165) is 24.4 Å². The first-order valence-electron chi connectivity index (χ1n) is 5.68. The Morgan fingerprint density at radius 2 is 2.00 bits per heavy atom. The second-order valence-corrected chi connectivity index (χ2v) is 8.51. The molecule has 3 rings (SSSR count). The number of hydrogen-bond acceptors (Lipinski definition) is 8. The van der Waals surface area contributed by atoms with Gasteiger partial charge < -0.3 is 0 Å². The van der Waals surface area contributed by atoms with Gasteiger partial charge in [-0.05, 0) is 0 Å². The van der Waals surface area contributed by atoms with Crippen LogP contribution in [0.5, 0.6) is 0 Å². The van der Waals surface area contributed by atoms with Crippen LogP contribution in [-0.2, 0) is 0 Å². The van der Waals surface area contributed by atoms with E-state index in [-0.39, 0.29) is 20.4 Å². The van der Waals surface area contributed by atoms with E-state index in [1.807, 2.05) is 6.92 Å². The van der Waals surface area contributed by atoms with Gasteiger partial charge in [0.2, 0.25) is 0 Å². The van der Waals surface area contributed by atoms with Crippen molar-refractivity contribution >= 4 is 43.5 Å².